The van der Waals surface area contributed by atoms with Crippen LogP contribution in [0.4, 0.5) is 10.2 Å². The third-order valence-electron chi connectivity index (χ3n) is 6.65. The molecule has 2 saturated heterocycles. The lowest BCUT2D eigenvalue weighted by atomic mass is 9.96. The largest absolute Gasteiger partial charge is 0.356 e. The molecule has 2 fully saturated rings. The molecule has 0 bridgehead atoms. The average Bonchev–Trinajstić information content (AvgIpc) is 2.85. The van der Waals surface area contributed by atoms with E-state index in [0.29, 0.717) is 18.5 Å². The number of halogens is 2. The summed E-state index contributed by atoms with van der Waals surface area (Å²) in [7, 11) is 1.84. The maximum atomic E-state index is 13.9. The van der Waals surface area contributed by atoms with Crippen molar-refractivity contribution in [2.24, 2.45) is 10.9 Å². The molecule has 6 nitrogen and oxygen atoms in total. The summed E-state index contributed by atoms with van der Waals surface area (Å²) in [6.07, 6.45) is 6.26. The first-order chi connectivity index (χ1) is 15.7. The predicted molar refractivity (Wildman–Crippen MR) is 144 cm³/mol. The fourth-order valence-electron chi connectivity index (χ4n) is 4.64. The van der Waals surface area contributed by atoms with E-state index in [2.05, 4.69) is 36.5 Å². The highest BCUT2D eigenvalue weighted by Gasteiger charge is 2.23. The summed E-state index contributed by atoms with van der Waals surface area (Å²) in [6.45, 7) is 5.67. The van der Waals surface area contributed by atoms with Crippen molar-refractivity contribution in [3.8, 4) is 0 Å². The first kappa shape index (κ1) is 25.7. The molecule has 2 N–H and O–H groups in total. The number of guanidine groups is 1. The van der Waals surface area contributed by atoms with E-state index in [4.69, 9.17) is 0 Å². The van der Waals surface area contributed by atoms with Crippen molar-refractivity contribution in [3.63, 3.8) is 0 Å². The number of aliphatic imine (C=N–C) groups is 1. The highest BCUT2D eigenvalue weighted by Crippen LogP contribution is 2.20. The first-order valence-corrected chi connectivity index (χ1v) is 11.8. The van der Waals surface area contributed by atoms with Gasteiger partial charge in [0.2, 0.25) is 0 Å². The van der Waals surface area contributed by atoms with Gasteiger partial charge in [-0.3, -0.25) is 9.89 Å². The van der Waals surface area contributed by atoms with Gasteiger partial charge in [-0.15, -0.1) is 24.0 Å². The molecule has 0 radical (unpaired) electrons. The lowest BCUT2D eigenvalue weighted by Crippen LogP contribution is -2.50. The smallest absolute Gasteiger partial charge is 0.191 e. The number of rotatable bonds is 6. The number of hydrogen-bond acceptors (Lipinski definition) is 4. The van der Waals surface area contributed by atoms with Gasteiger partial charge < -0.3 is 15.5 Å². The Balaban J connectivity index is 0.00000306. The van der Waals surface area contributed by atoms with Gasteiger partial charge in [0.15, 0.2) is 5.96 Å². The van der Waals surface area contributed by atoms with Gasteiger partial charge in [0.1, 0.15) is 11.6 Å². The Hall–Kier alpha value is -1.94. The highest BCUT2D eigenvalue weighted by molar-refractivity contribution is 14.0. The monoisotopic (exact) mass is 566 g/mol. The Morgan fingerprint density at radius 1 is 1.03 bits per heavy atom. The Labute approximate surface area is 214 Å². The highest BCUT2D eigenvalue weighted by atomic mass is 127. The van der Waals surface area contributed by atoms with E-state index in [1.54, 1.807) is 12.1 Å². The normalized spacial score (nSPS) is 18.6. The van der Waals surface area contributed by atoms with Crippen LogP contribution in [0.15, 0.2) is 53.7 Å². The summed E-state index contributed by atoms with van der Waals surface area (Å²) in [6, 6.07) is 13.6. The van der Waals surface area contributed by atoms with Crippen molar-refractivity contribution in [1.82, 2.24) is 20.5 Å². The summed E-state index contributed by atoms with van der Waals surface area (Å²) in [5.74, 6) is 2.48. The third-order valence-corrected chi connectivity index (χ3v) is 6.65. The maximum Gasteiger partial charge on any atom is 0.191 e. The van der Waals surface area contributed by atoms with Crippen LogP contribution in [0.5, 0.6) is 0 Å². The second-order valence-electron chi connectivity index (χ2n) is 8.86. The van der Waals surface area contributed by atoms with E-state index in [0.717, 1.165) is 75.7 Å². The molecule has 1 aromatic heterocycles. The van der Waals surface area contributed by atoms with Crippen molar-refractivity contribution in [2.75, 3.05) is 44.7 Å². The maximum absolute atomic E-state index is 13.9. The fraction of sp³-hybridized carbons (Fsp3) is 0.520. The molecule has 180 valence electrons. The number of nitrogens with zero attached hydrogens (tertiary/aromatic N) is 4. The number of likely N-dealkylation sites (tertiary alicyclic amines) is 1. The summed E-state index contributed by atoms with van der Waals surface area (Å²) < 4.78 is 13.9. The van der Waals surface area contributed by atoms with Crippen LogP contribution in [0.3, 0.4) is 0 Å². The van der Waals surface area contributed by atoms with Gasteiger partial charge in [-0.05, 0) is 62.9 Å². The van der Waals surface area contributed by atoms with Gasteiger partial charge in [-0.25, -0.2) is 9.37 Å². The third kappa shape index (κ3) is 7.53. The number of benzene rings is 1. The van der Waals surface area contributed by atoms with Crippen molar-refractivity contribution >= 4 is 35.8 Å². The van der Waals surface area contributed by atoms with Crippen LogP contribution < -0.4 is 15.5 Å². The molecule has 8 heteroatoms. The summed E-state index contributed by atoms with van der Waals surface area (Å²) in [4.78, 5) is 13.6. The van der Waals surface area contributed by atoms with Gasteiger partial charge in [-0.1, -0.05) is 24.3 Å². The summed E-state index contributed by atoms with van der Waals surface area (Å²) in [5.41, 5.74) is 0.794. The van der Waals surface area contributed by atoms with Gasteiger partial charge in [0.25, 0.3) is 0 Å². The van der Waals surface area contributed by atoms with Crippen molar-refractivity contribution < 1.29 is 4.39 Å². The number of anilines is 1. The van der Waals surface area contributed by atoms with Crippen LogP contribution >= 0.6 is 24.0 Å². The molecule has 0 spiro atoms. The number of nitrogens with one attached hydrogen (secondary N) is 2. The van der Waals surface area contributed by atoms with Crippen LogP contribution in [0, 0.1) is 11.7 Å². The molecule has 33 heavy (non-hydrogen) atoms. The van der Waals surface area contributed by atoms with Crippen LogP contribution in [0.25, 0.3) is 0 Å². The van der Waals surface area contributed by atoms with E-state index >= 15 is 0 Å². The average molecular weight is 567 g/mol. The molecule has 3 heterocycles. The molecule has 0 unspecified atom stereocenters. The number of aromatic nitrogens is 1. The van der Waals surface area contributed by atoms with Crippen LogP contribution in [-0.2, 0) is 6.54 Å². The molecule has 0 saturated carbocycles. The summed E-state index contributed by atoms with van der Waals surface area (Å²) in [5, 5.41) is 7.14. The van der Waals surface area contributed by atoms with Crippen molar-refractivity contribution in [2.45, 2.75) is 38.3 Å². The van der Waals surface area contributed by atoms with E-state index in [1.807, 2.05) is 37.5 Å². The second-order valence-corrected chi connectivity index (χ2v) is 8.86. The fourth-order valence-corrected chi connectivity index (χ4v) is 4.64. The Bertz CT molecular complexity index is 864. The van der Waals surface area contributed by atoms with Crippen LogP contribution in [0.2, 0.25) is 0 Å². The van der Waals surface area contributed by atoms with Gasteiger partial charge in [-0.2, -0.15) is 0 Å². The zero-order chi connectivity index (χ0) is 22.2. The predicted octanol–water partition coefficient (Wildman–Crippen LogP) is 3.88. The SMILES string of the molecule is CN=C(NCC1CCN(Cc2ccccc2F)CC1)NC1CCN(c2ccccn2)CC1.I. The van der Waals surface area contributed by atoms with Gasteiger partial charge in [0, 0.05) is 51.0 Å². The molecular formula is C25H36FIN6. The topological polar surface area (TPSA) is 55.8 Å². The number of piperidine rings is 2. The zero-order valence-electron chi connectivity index (χ0n) is 19.4. The Kier molecular flexibility index (Phi) is 10.2. The first-order valence-electron chi connectivity index (χ1n) is 11.8. The standard InChI is InChI=1S/C25H35FN6.HI/c1-27-25(30-22-11-16-32(17-12-22)24-8-4-5-13-28-24)29-18-20-9-14-31(15-10-20)19-21-6-2-3-7-23(21)26;/h2-8,13,20,22H,9-12,14-19H2,1H3,(H2,27,29,30);1H. The number of hydrogen-bond donors (Lipinski definition) is 2. The molecule has 0 atom stereocenters. The second kappa shape index (κ2) is 13.1. The van der Waals surface area contributed by atoms with Crippen molar-refractivity contribution in [1.29, 1.82) is 0 Å². The summed E-state index contributed by atoms with van der Waals surface area (Å²) >= 11 is 0. The van der Waals surface area contributed by atoms with Crippen LogP contribution in [-0.4, -0.2) is 61.7 Å². The van der Waals surface area contributed by atoms with Crippen LogP contribution in [0.1, 0.15) is 31.2 Å². The lowest BCUT2D eigenvalue weighted by Gasteiger charge is -2.34. The molecule has 1 aromatic carbocycles. The lowest BCUT2D eigenvalue weighted by molar-refractivity contribution is 0.176. The minimum absolute atomic E-state index is 0. The molecule has 0 amide bonds. The number of pyridine rings is 1. The Morgan fingerprint density at radius 2 is 1.76 bits per heavy atom. The zero-order valence-corrected chi connectivity index (χ0v) is 21.8. The minimum Gasteiger partial charge on any atom is -0.356 e. The molecule has 2 aliphatic rings. The minimum atomic E-state index is -0.1000. The Morgan fingerprint density at radius 3 is 2.42 bits per heavy atom. The van der Waals surface area contributed by atoms with E-state index < -0.39 is 0 Å². The molecule has 0 aliphatic carbocycles. The molecule has 2 aromatic rings. The molecule has 2 aliphatic heterocycles. The van der Waals surface area contributed by atoms with Gasteiger partial charge in [0.05, 0.1) is 0 Å². The van der Waals surface area contributed by atoms with E-state index in [9.17, 15) is 4.39 Å². The molecule has 4 rings (SSSR count). The van der Waals surface area contributed by atoms with Gasteiger partial charge >= 0.3 is 0 Å². The molecular weight excluding hydrogens is 530 g/mol. The van der Waals surface area contributed by atoms with E-state index in [-0.39, 0.29) is 29.8 Å². The quantitative estimate of drug-likeness (QED) is 0.316. The van der Waals surface area contributed by atoms with Crippen molar-refractivity contribution in [3.05, 3.63) is 60.0 Å². The van der Waals surface area contributed by atoms with E-state index in [1.165, 1.54) is 0 Å².